The van der Waals surface area contributed by atoms with Crippen molar-refractivity contribution in [2.24, 2.45) is 5.92 Å². The third-order valence-electron chi connectivity index (χ3n) is 3.16. The zero-order valence-corrected chi connectivity index (χ0v) is 12.8. The number of halogens is 2. The van der Waals surface area contributed by atoms with Crippen molar-refractivity contribution >= 4 is 37.7 Å². The third kappa shape index (κ3) is 2.43. The van der Waals surface area contributed by atoms with Gasteiger partial charge < -0.3 is 4.90 Å². The lowest BCUT2D eigenvalue weighted by atomic mass is 10.00. The molecule has 1 aliphatic rings. The molecule has 0 amide bonds. The zero-order valence-electron chi connectivity index (χ0n) is 9.58. The minimum Gasteiger partial charge on any atom is -0.355 e. The molecule has 88 valence electrons. The van der Waals surface area contributed by atoms with Gasteiger partial charge in [0.05, 0.1) is 4.47 Å². The Hall–Kier alpha value is -0.0900. The van der Waals surface area contributed by atoms with Gasteiger partial charge in [-0.2, -0.15) is 0 Å². The van der Waals surface area contributed by atoms with Crippen LogP contribution in [0.25, 0.3) is 0 Å². The summed E-state index contributed by atoms with van der Waals surface area (Å²) in [5, 5.41) is 0. The Morgan fingerprint density at radius 1 is 1.50 bits per heavy atom. The van der Waals surface area contributed by atoms with Crippen LogP contribution in [0.2, 0.25) is 0 Å². The molecule has 0 spiro atoms. The average Bonchev–Trinajstić information content (AvgIpc) is 2.26. The molecule has 1 aromatic rings. The lowest BCUT2D eigenvalue weighted by molar-refractivity contribution is 0.463. The van der Waals surface area contributed by atoms with E-state index < -0.39 is 0 Å². The second-order valence-electron chi connectivity index (χ2n) is 4.49. The van der Waals surface area contributed by atoms with Crippen LogP contribution < -0.4 is 4.90 Å². The van der Waals surface area contributed by atoms with Crippen molar-refractivity contribution in [1.29, 1.82) is 0 Å². The molecule has 4 heteroatoms. The van der Waals surface area contributed by atoms with E-state index in [9.17, 15) is 0 Å². The third-order valence-corrected chi connectivity index (χ3v) is 5.50. The highest BCUT2D eigenvalue weighted by Crippen LogP contribution is 2.31. The predicted octanol–water partition coefficient (Wildman–Crippen LogP) is 3.76. The van der Waals surface area contributed by atoms with Crippen molar-refractivity contribution in [2.75, 3.05) is 18.0 Å². The molecule has 1 aliphatic heterocycles. The molecule has 1 saturated heterocycles. The molecule has 2 unspecified atom stereocenters. The number of nitrogens with zero attached hydrogens (tertiary/aromatic N) is 2. The molecule has 0 aromatic carbocycles. The zero-order chi connectivity index (χ0) is 11.7. The van der Waals surface area contributed by atoms with Crippen molar-refractivity contribution in [3.8, 4) is 0 Å². The summed E-state index contributed by atoms with van der Waals surface area (Å²) in [6, 6.07) is 2.04. The molecular weight excluding hydrogens is 332 g/mol. The van der Waals surface area contributed by atoms with Crippen LogP contribution in [-0.4, -0.2) is 22.9 Å². The van der Waals surface area contributed by atoms with E-state index in [1.165, 1.54) is 12.0 Å². The fraction of sp³-hybridized carbons (Fsp3) is 0.583. The highest BCUT2D eigenvalue weighted by Gasteiger charge is 2.25. The van der Waals surface area contributed by atoms with E-state index in [0.29, 0.717) is 10.7 Å². The largest absolute Gasteiger partial charge is 0.355 e. The topological polar surface area (TPSA) is 16.1 Å². The fourth-order valence-electron chi connectivity index (χ4n) is 2.06. The molecule has 0 bridgehead atoms. The first-order valence-electron chi connectivity index (χ1n) is 5.59. The van der Waals surface area contributed by atoms with Gasteiger partial charge in [0.25, 0.3) is 0 Å². The first-order chi connectivity index (χ1) is 7.59. The minimum absolute atomic E-state index is 0.646. The first kappa shape index (κ1) is 12.4. The van der Waals surface area contributed by atoms with Crippen molar-refractivity contribution in [1.82, 2.24) is 4.98 Å². The summed E-state index contributed by atoms with van der Waals surface area (Å²) in [5.41, 5.74) is 1.25. The van der Waals surface area contributed by atoms with Crippen molar-refractivity contribution in [3.63, 3.8) is 0 Å². The van der Waals surface area contributed by atoms with Crippen LogP contribution in [0.3, 0.4) is 0 Å². The molecule has 0 radical (unpaired) electrons. The normalized spacial score (nSPS) is 25.9. The van der Waals surface area contributed by atoms with Gasteiger partial charge in [-0.05, 0) is 46.8 Å². The molecule has 1 fully saturated rings. The van der Waals surface area contributed by atoms with E-state index in [-0.39, 0.29) is 0 Å². The van der Waals surface area contributed by atoms with E-state index in [4.69, 9.17) is 0 Å². The molecule has 0 aliphatic carbocycles. The van der Waals surface area contributed by atoms with Crippen molar-refractivity contribution in [2.45, 2.75) is 25.1 Å². The molecule has 2 nitrogen and oxygen atoms in total. The fourth-order valence-corrected chi connectivity index (χ4v) is 2.91. The van der Waals surface area contributed by atoms with Gasteiger partial charge in [-0.25, -0.2) is 4.98 Å². The second kappa shape index (κ2) is 5.05. The summed E-state index contributed by atoms with van der Waals surface area (Å²) >= 11 is 7.36. The molecule has 1 aromatic heterocycles. The summed E-state index contributed by atoms with van der Waals surface area (Å²) in [6.45, 7) is 6.55. The predicted molar refractivity (Wildman–Crippen MR) is 75.4 cm³/mol. The Balaban J connectivity index is 2.22. The maximum absolute atomic E-state index is 4.49. The lowest BCUT2D eigenvalue weighted by Gasteiger charge is -2.35. The minimum atomic E-state index is 0.646. The van der Waals surface area contributed by atoms with Gasteiger partial charge in [0, 0.05) is 24.1 Å². The Morgan fingerprint density at radius 3 is 2.94 bits per heavy atom. The molecule has 16 heavy (non-hydrogen) atoms. The van der Waals surface area contributed by atoms with Gasteiger partial charge in [-0.15, -0.1) is 0 Å². The van der Waals surface area contributed by atoms with Gasteiger partial charge in [0.1, 0.15) is 5.82 Å². The lowest BCUT2D eigenvalue weighted by Crippen LogP contribution is -2.40. The molecule has 0 N–H and O–H groups in total. The number of anilines is 1. The number of hydrogen-bond acceptors (Lipinski definition) is 2. The van der Waals surface area contributed by atoms with E-state index in [1.54, 1.807) is 0 Å². The molecule has 2 atom stereocenters. The maximum Gasteiger partial charge on any atom is 0.143 e. The summed E-state index contributed by atoms with van der Waals surface area (Å²) in [7, 11) is 0. The van der Waals surface area contributed by atoms with Crippen LogP contribution in [0.4, 0.5) is 5.82 Å². The SMILES string of the molecule is Cc1ccnc(N2CCC(Br)C(C)C2)c1Br. The van der Waals surface area contributed by atoms with E-state index in [0.717, 1.165) is 23.4 Å². The number of pyridine rings is 1. The maximum atomic E-state index is 4.49. The summed E-state index contributed by atoms with van der Waals surface area (Å²) in [5.74, 6) is 1.76. The molecular formula is C12H16Br2N2. The monoisotopic (exact) mass is 346 g/mol. The summed E-state index contributed by atoms with van der Waals surface area (Å²) in [6.07, 6.45) is 3.07. The smallest absolute Gasteiger partial charge is 0.143 e. The van der Waals surface area contributed by atoms with Crippen LogP contribution in [-0.2, 0) is 0 Å². The van der Waals surface area contributed by atoms with Crippen LogP contribution in [0.5, 0.6) is 0 Å². The Bertz CT molecular complexity index is 381. The second-order valence-corrected chi connectivity index (χ2v) is 6.46. The standard InChI is InChI=1S/C12H16Br2N2/c1-8-3-5-15-12(11(8)14)16-6-4-10(13)9(2)7-16/h3,5,9-10H,4,6-7H2,1-2H3. The van der Waals surface area contributed by atoms with Crippen LogP contribution in [0.1, 0.15) is 18.9 Å². The van der Waals surface area contributed by atoms with E-state index >= 15 is 0 Å². The van der Waals surface area contributed by atoms with Crippen LogP contribution in [0, 0.1) is 12.8 Å². The number of piperidine rings is 1. The number of hydrogen-bond donors (Lipinski definition) is 0. The Morgan fingerprint density at radius 2 is 2.25 bits per heavy atom. The number of aryl methyl sites for hydroxylation is 1. The van der Waals surface area contributed by atoms with Crippen LogP contribution >= 0.6 is 31.9 Å². The summed E-state index contributed by atoms with van der Waals surface area (Å²) < 4.78 is 1.13. The van der Waals surface area contributed by atoms with Gasteiger partial charge in [-0.3, -0.25) is 0 Å². The van der Waals surface area contributed by atoms with Gasteiger partial charge in [0.2, 0.25) is 0 Å². The number of alkyl halides is 1. The molecule has 0 saturated carbocycles. The van der Waals surface area contributed by atoms with Crippen molar-refractivity contribution in [3.05, 3.63) is 22.3 Å². The van der Waals surface area contributed by atoms with E-state index in [1.807, 2.05) is 12.3 Å². The van der Waals surface area contributed by atoms with E-state index in [2.05, 4.69) is 55.6 Å². The van der Waals surface area contributed by atoms with Gasteiger partial charge in [-0.1, -0.05) is 22.9 Å². The highest BCUT2D eigenvalue weighted by atomic mass is 79.9. The Kier molecular flexibility index (Phi) is 3.90. The summed E-state index contributed by atoms with van der Waals surface area (Å²) in [4.78, 5) is 7.51. The quantitative estimate of drug-likeness (QED) is 0.719. The van der Waals surface area contributed by atoms with Gasteiger partial charge >= 0.3 is 0 Å². The van der Waals surface area contributed by atoms with Gasteiger partial charge in [0.15, 0.2) is 0 Å². The Labute approximate surface area is 114 Å². The average molecular weight is 348 g/mol. The first-order valence-corrected chi connectivity index (χ1v) is 7.30. The molecule has 2 rings (SSSR count). The number of rotatable bonds is 1. The van der Waals surface area contributed by atoms with Crippen LogP contribution in [0.15, 0.2) is 16.7 Å². The highest BCUT2D eigenvalue weighted by molar-refractivity contribution is 9.10. The molecule has 2 heterocycles. The number of aromatic nitrogens is 1. The van der Waals surface area contributed by atoms with Crippen molar-refractivity contribution < 1.29 is 0 Å².